The van der Waals surface area contributed by atoms with Gasteiger partial charge in [0.1, 0.15) is 6.04 Å². The molecule has 0 aromatic heterocycles. The summed E-state index contributed by atoms with van der Waals surface area (Å²) >= 11 is 0. The zero-order valence-corrected chi connectivity index (χ0v) is 14.0. The predicted octanol–water partition coefficient (Wildman–Crippen LogP) is 1.72. The van der Waals surface area contributed by atoms with Crippen molar-refractivity contribution >= 4 is 5.97 Å². The van der Waals surface area contributed by atoms with Crippen LogP contribution in [0, 0.1) is 0 Å². The number of carbonyl (C=O) groups excluding carboxylic acids is 1. The number of nitrogens with one attached hydrogen (secondary N) is 1. The minimum absolute atomic E-state index is 0.156. The van der Waals surface area contributed by atoms with Gasteiger partial charge in [-0.05, 0) is 30.2 Å². The van der Waals surface area contributed by atoms with Gasteiger partial charge < -0.3 is 20.9 Å². The summed E-state index contributed by atoms with van der Waals surface area (Å²) in [5, 5.41) is 13.9. The quantitative estimate of drug-likeness (QED) is 0.674. The number of rotatable bonds is 7. The Bertz CT molecular complexity index is 661. The molecule has 0 aliphatic carbocycles. The van der Waals surface area contributed by atoms with Crippen molar-refractivity contribution in [3.63, 3.8) is 0 Å². The third kappa shape index (κ3) is 4.41. The Hall–Kier alpha value is -2.21. The summed E-state index contributed by atoms with van der Waals surface area (Å²) in [5.74, 6) is -0.504. The van der Waals surface area contributed by atoms with Crippen LogP contribution in [0.4, 0.5) is 0 Å². The summed E-state index contributed by atoms with van der Waals surface area (Å²) in [6, 6.07) is 16.1. The van der Waals surface area contributed by atoms with Gasteiger partial charge in [0.15, 0.2) is 0 Å². The molecule has 2 rings (SSSR count). The maximum absolute atomic E-state index is 11.6. The SMILES string of the molecule is CNC(Cc1ccccc1)C(O)c1cccc(C(N)C(=O)OC)c1. The van der Waals surface area contributed by atoms with Crippen LogP contribution in [0.5, 0.6) is 0 Å². The molecular weight excluding hydrogens is 304 g/mol. The fraction of sp³-hybridized carbons (Fsp3) is 0.316. The zero-order chi connectivity index (χ0) is 17.5. The normalized spacial score (nSPS) is 14.7. The summed E-state index contributed by atoms with van der Waals surface area (Å²) < 4.78 is 4.68. The Balaban J connectivity index is 2.18. The van der Waals surface area contributed by atoms with E-state index in [4.69, 9.17) is 5.73 Å². The van der Waals surface area contributed by atoms with Crippen LogP contribution >= 0.6 is 0 Å². The maximum atomic E-state index is 11.6. The highest BCUT2D eigenvalue weighted by Crippen LogP contribution is 2.23. The second-order valence-corrected chi connectivity index (χ2v) is 5.70. The van der Waals surface area contributed by atoms with E-state index in [2.05, 4.69) is 10.1 Å². The van der Waals surface area contributed by atoms with Gasteiger partial charge >= 0.3 is 5.97 Å². The van der Waals surface area contributed by atoms with Gasteiger partial charge in [0.05, 0.1) is 13.2 Å². The van der Waals surface area contributed by atoms with Crippen molar-refractivity contribution in [1.29, 1.82) is 0 Å². The molecule has 0 bridgehead atoms. The minimum Gasteiger partial charge on any atom is -0.468 e. The Labute approximate surface area is 142 Å². The number of hydrogen-bond acceptors (Lipinski definition) is 5. The number of methoxy groups -OCH3 is 1. The smallest absolute Gasteiger partial charge is 0.327 e. The number of aliphatic hydroxyl groups is 1. The monoisotopic (exact) mass is 328 g/mol. The fourth-order valence-electron chi connectivity index (χ4n) is 2.67. The molecule has 0 fully saturated rings. The first-order valence-corrected chi connectivity index (χ1v) is 7.89. The van der Waals surface area contributed by atoms with E-state index in [1.165, 1.54) is 7.11 Å². The first-order chi connectivity index (χ1) is 11.6. The first kappa shape index (κ1) is 18.1. The van der Waals surface area contributed by atoms with E-state index in [-0.39, 0.29) is 6.04 Å². The van der Waals surface area contributed by atoms with E-state index >= 15 is 0 Å². The predicted molar refractivity (Wildman–Crippen MR) is 93.3 cm³/mol. The number of likely N-dealkylation sites (N-methyl/N-ethyl adjacent to an activating group) is 1. The molecule has 2 aromatic carbocycles. The van der Waals surface area contributed by atoms with E-state index in [0.717, 1.165) is 5.56 Å². The molecule has 0 aliphatic heterocycles. The van der Waals surface area contributed by atoms with Crippen LogP contribution < -0.4 is 11.1 Å². The first-order valence-electron chi connectivity index (χ1n) is 7.89. The van der Waals surface area contributed by atoms with E-state index in [1.807, 2.05) is 43.4 Å². The fourth-order valence-corrected chi connectivity index (χ4v) is 2.67. The lowest BCUT2D eigenvalue weighted by Crippen LogP contribution is -2.34. The van der Waals surface area contributed by atoms with Crippen molar-refractivity contribution in [3.05, 3.63) is 71.3 Å². The molecule has 2 aromatic rings. The number of carbonyl (C=O) groups is 1. The van der Waals surface area contributed by atoms with Crippen molar-refractivity contribution < 1.29 is 14.6 Å². The average molecular weight is 328 g/mol. The van der Waals surface area contributed by atoms with Crippen molar-refractivity contribution in [2.75, 3.05) is 14.2 Å². The Morgan fingerprint density at radius 2 is 1.83 bits per heavy atom. The number of hydrogen-bond donors (Lipinski definition) is 3. The van der Waals surface area contributed by atoms with Gasteiger partial charge in [-0.2, -0.15) is 0 Å². The van der Waals surface area contributed by atoms with Gasteiger partial charge in [0, 0.05) is 6.04 Å². The Kier molecular flexibility index (Phi) is 6.49. The molecule has 5 nitrogen and oxygen atoms in total. The average Bonchev–Trinajstić information content (AvgIpc) is 2.65. The number of benzene rings is 2. The molecule has 5 heteroatoms. The zero-order valence-electron chi connectivity index (χ0n) is 14.0. The lowest BCUT2D eigenvalue weighted by molar-refractivity contribution is -0.142. The van der Waals surface area contributed by atoms with Crippen LogP contribution in [0.3, 0.4) is 0 Å². The van der Waals surface area contributed by atoms with Crippen molar-refractivity contribution in [2.45, 2.75) is 24.6 Å². The topological polar surface area (TPSA) is 84.6 Å². The molecule has 0 spiro atoms. The van der Waals surface area contributed by atoms with Gasteiger partial charge in [0.2, 0.25) is 0 Å². The highest BCUT2D eigenvalue weighted by atomic mass is 16.5. The molecule has 0 saturated heterocycles. The molecule has 128 valence electrons. The number of esters is 1. The molecule has 24 heavy (non-hydrogen) atoms. The molecule has 0 radical (unpaired) electrons. The number of ether oxygens (including phenoxy) is 1. The van der Waals surface area contributed by atoms with E-state index in [1.54, 1.807) is 18.2 Å². The lowest BCUT2D eigenvalue weighted by Gasteiger charge is -2.24. The standard InChI is InChI=1S/C19H24N2O3/c1-21-16(11-13-7-4-3-5-8-13)18(22)15-10-6-9-14(12-15)17(20)19(23)24-2/h3-10,12,16-18,21-22H,11,20H2,1-2H3. The molecular formula is C19H24N2O3. The van der Waals surface area contributed by atoms with E-state index < -0.39 is 18.1 Å². The summed E-state index contributed by atoms with van der Waals surface area (Å²) in [6.45, 7) is 0. The van der Waals surface area contributed by atoms with Gasteiger partial charge in [0.25, 0.3) is 0 Å². The molecule has 3 atom stereocenters. The van der Waals surface area contributed by atoms with Crippen molar-refractivity contribution in [2.24, 2.45) is 5.73 Å². The van der Waals surface area contributed by atoms with Crippen LogP contribution in [0.15, 0.2) is 54.6 Å². The largest absolute Gasteiger partial charge is 0.468 e. The Morgan fingerprint density at radius 3 is 2.46 bits per heavy atom. The van der Waals surface area contributed by atoms with Crippen LogP contribution in [-0.4, -0.2) is 31.3 Å². The molecule has 0 amide bonds. The second-order valence-electron chi connectivity index (χ2n) is 5.70. The molecule has 3 unspecified atom stereocenters. The van der Waals surface area contributed by atoms with Crippen molar-refractivity contribution in [3.8, 4) is 0 Å². The summed E-state index contributed by atoms with van der Waals surface area (Å²) in [6.07, 6.45) is -0.0359. The highest BCUT2D eigenvalue weighted by molar-refractivity contribution is 5.77. The van der Waals surface area contributed by atoms with Gasteiger partial charge in [-0.1, -0.05) is 54.6 Å². The van der Waals surface area contributed by atoms with Crippen LogP contribution in [0.2, 0.25) is 0 Å². The second kappa shape index (κ2) is 8.59. The molecule has 0 heterocycles. The van der Waals surface area contributed by atoms with Crippen LogP contribution in [-0.2, 0) is 16.0 Å². The van der Waals surface area contributed by atoms with Gasteiger partial charge in [-0.15, -0.1) is 0 Å². The van der Waals surface area contributed by atoms with E-state index in [0.29, 0.717) is 17.5 Å². The third-order valence-electron chi connectivity index (χ3n) is 4.12. The number of aliphatic hydroxyl groups excluding tert-OH is 1. The van der Waals surface area contributed by atoms with Crippen LogP contribution in [0.25, 0.3) is 0 Å². The maximum Gasteiger partial charge on any atom is 0.327 e. The Morgan fingerprint density at radius 1 is 1.17 bits per heavy atom. The lowest BCUT2D eigenvalue weighted by atomic mass is 9.94. The van der Waals surface area contributed by atoms with Crippen LogP contribution in [0.1, 0.15) is 28.8 Å². The molecule has 4 N–H and O–H groups in total. The minimum atomic E-state index is -0.857. The summed E-state index contributed by atoms with van der Waals surface area (Å²) in [7, 11) is 3.12. The highest BCUT2D eigenvalue weighted by Gasteiger charge is 2.22. The van der Waals surface area contributed by atoms with E-state index in [9.17, 15) is 9.90 Å². The van der Waals surface area contributed by atoms with Crippen molar-refractivity contribution in [1.82, 2.24) is 5.32 Å². The van der Waals surface area contributed by atoms with Gasteiger partial charge in [-0.3, -0.25) is 4.79 Å². The summed E-state index contributed by atoms with van der Waals surface area (Å²) in [5.41, 5.74) is 8.34. The van der Waals surface area contributed by atoms with Gasteiger partial charge in [-0.25, -0.2) is 0 Å². The number of nitrogens with two attached hydrogens (primary N) is 1. The molecule has 0 saturated carbocycles. The summed E-state index contributed by atoms with van der Waals surface area (Å²) in [4.78, 5) is 11.6. The molecule has 0 aliphatic rings. The third-order valence-corrected chi connectivity index (χ3v) is 4.12.